The summed E-state index contributed by atoms with van der Waals surface area (Å²) in [7, 11) is -3.57. The fourth-order valence-corrected chi connectivity index (χ4v) is 5.83. The molecule has 3 rings (SSSR count). The normalized spacial score (nSPS) is 14.8. The molecule has 1 aliphatic rings. The molecular weight excluding hydrogens is 394 g/mol. The summed E-state index contributed by atoms with van der Waals surface area (Å²) in [5, 5.41) is 5.05. The summed E-state index contributed by atoms with van der Waals surface area (Å²) >= 11 is 1.81. The molecule has 28 heavy (non-hydrogen) atoms. The number of hydrogen-bond donors (Lipinski definition) is 1. The molecule has 0 saturated heterocycles. The molecule has 1 aliphatic heterocycles. The van der Waals surface area contributed by atoms with Crippen molar-refractivity contribution in [2.75, 3.05) is 32.7 Å². The van der Waals surface area contributed by atoms with Crippen LogP contribution in [0.1, 0.15) is 34.6 Å². The molecule has 1 aromatic heterocycles. The van der Waals surface area contributed by atoms with Crippen molar-refractivity contribution in [3.63, 3.8) is 0 Å². The van der Waals surface area contributed by atoms with Gasteiger partial charge in [0.25, 0.3) is 5.91 Å². The summed E-state index contributed by atoms with van der Waals surface area (Å²) in [6.45, 7) is 7.64. The van der Waals surface area contributed by atoms with Gasteiger partial charge in [-0.1, -0.05) is 19.9 Å². The highest BCUT2D eigenvalue weighted by Gasteiger charge is 2.22. The maximum absolute atomic E-state index is 12.7. The van der Waals surface area contributed by atoms with E-state index < -0.39 is 10.0 Å². The first-order chi connectivity index (χ1) is 13.5. The Labute approximate surface area is 171 Å². The first kappa shape index (κ1) is 21.0. The van der Waals surface area contributed by atoms with Gasteiger partial charge in [0.1, 0.15) is 0 Å². The Balaban J connectivity index is 1.58. The highest BCUT2D eigenvalue weighted by molar-refractivity contribution is 7.89. The molecule has 0 spiro atoms. The molecular formula is C20H27N3O3S2. The quantitative estimate of drug-likeness (QED) is 0.711. The van der Waals surface area contributed by atoms with E-state index in [0.29, 0.717) is 25.2 Å². The van der Waals surface area contributed by atoms with Crippen LogP contribution >= 0.6 is 11.3 Å². The third-order valence-corrected chi connectivity index (χ3v) is 8.11. The van der Waals surface area contributed by atoms with Crippen molar-refractivity contribution in [1.29, 1.82) is 0 Å². The second-order valence-corrected chi connectivity index (χ2v) is 9.71. The van der Waals surface area contributed by atoms with E-state index in [1.54, 1.807) is 26.0 Å². The largest absolute Gasteiger partial charge is 0.351 e. The third-order valence-electron chi connectivity index (χ3n) is 5.04. The van der Waals surface area contributed by atoms with E-state index in [4.69, 9.17) is 0 Å². The molecule has 6 nitrogen and oxygen atoms in total. The van der Waals surface area contributed by atoms with Crippen LogP contribution in [-0.4, -0.2) is 56.3 Å². The van der Waals surface area contributed by atoms with Gasteiger partial charge < -0.3 is 5.32 Å². The van der Waals surface area contributed by atoms with Crippen molar-refractivity contribution in [1.82, 2.24) is 14.5 Å². The summed E-state index contributed by atoms with van der Waals surface area (Å²) < 4.78 is 26.7. The van der Waals surface area contributed by atoms with Gasteiger partial charge in [-0.2, -0.15) is 4.31 Å². The highest BCUT2D eigenvalue weighted by Crippen LogP contribution is 2.23. The van der Waals surface area contributed by atoms with Crippen molar-refractivity contribution < 1.29 is 13.2 Å². The van der Waals surface area contributed by atoms with Crippen molar-refractivity contribution >= 4 is 27.3 Å². The SMILES string of the molecule is CCN(CC)S(=O)(=O)c1cccc(C(=O)NCCN2CCc3sccc3C2)c1. The Bertz CT molecular complexity index is 920. The minimum atomic E-state index is -3.57. The molecule has 0 fully saturated rings. The number of fused-ring (bicyclic) bond motifs is 1. The molecule has 2 heterocycles. The molecule has 0 saturated carbocycles. The molecule has 0 aliphatic carbocycles. The minimum Gasteiger partial charge on any atom is -0.351 e. The number of hydrogen-bond acceptors (Lipinski definition) is 5. The lowest BCUT2D eigenvalue weighted by molar-refractivity contribution is 0.0947. The van der Waals surface area contributed by atoms with Gasteiger partial charge in [0.15, 0.2) is 0 Å². The van der Waals surface area contributed by atoms with Gasteiger partial charge in [0.05, 0.1) is 4.90 Å². The van der Waals surface area contributed by atoms with Crippen molar-refractivity contribution in [2.45, 2.75) is 31.7 Å². The van der Waals surface area contributed by atoms with Crippen LogP contribution in [0.4, 0.5) is 0 Å². The standard InChI is InChI=1S/C20H27N3O3S2/c1-3-23(4-2)28(25,26)18-7-5-6-16(14-18)20(24)21-10-12-22-11-8-19-17(15-22)9-13-27-19/h5-7,9,13-14H,3-4,8,10-12,15H2,1-2H3,(H,21,24). The number of sulfonamides is 1. The topological polar surface area (TPSA) is 69.7 Å². The molecule has 1 amide bonds. The Morgan fingerprint density at radius 1 is 1.25 bits per heavy atom. The number of rotatable bonds is 8. The molecule has 1 aromatic carbocycles. The van der Waals surface area contributed by atoms with Crippen LogP contribution in [0.3, 0.4) is 0 Å². The van der Waals surface area contributed by atoms with Gasteiger partial charge in [-0.3, -0.25) is 9.69 Å². The van der Waals surface area contributed by atoms with Gasteiger partial charge in [0, 0.05) is 49.7 Å². The smallest absolute Gasteiger partial charge is 0.251 e. The number of nitrogens with one attached hydrogen (secondary N) is 1. The molecule has 8 heteroatoms. The van der Waals surface area contributed by atoms with E-state index in [1.165, 1.54) is 26.9 Å². The van der Waals surface area contributed by atoms with E-state index in [9.17, 15) is 13.2 Å². The zero-order chi connectivity index (χ0) is 20.1. The molecule has 2 aromatic rings. The lowest BCUT2D eigenvalue weighted by Gasteiger charge is -2.26. The summed E-state index contributed by atoms with van der Waals surface area (Å²) in [6.07, 6.45) is 1.06. The lowest BCUT2D eigenvalue weighted by Crippen LogP contribution is -2.37. The van der Waals surface area contributed by atoms with Crippen LogP contribution in [0.2, 0.25) is 0 Å². The third kappa shape index (κ3) is 4.63. The number of carbonyl (C=O) groups excluding carboxylic acids is 1. The van der Waals surface area contributed by atoms with Gasteiger partial charge >= 0.3 is 0 Å². The average molecular weight is 422 g/mol. The van der Waals surface area contributed by atoms with Crippen molar-refractivity contribution in [3.05, 3.63) is 51.7 Å². The zero-order valence-electron chi connectivity index (χ0n) is 16.3. The second-order valence-electron chi connectivity index (χ2n) is 6.77. The van der Waals surface area contributed by atoms with Crippen LogP contribution in [0.5, 0.6) is 0 Å². The number of nitrogens with zero attached hydrogens (tertiary/aromatic N) is 2. The Kier molecular flexibility index (Phi) is 6.87. The summed E-state index contributed by atoms with van der Waals surface area (Å²) in [5.41, 5.74) is 1.75. The Morgan fingerprint density at radius 2 is 2.04 bits per heavy atom. The van der Waals surface area contributed by atoms with Crippen molar-refractivity contribution in [3.8, 4) is 0 Å². The Hall–Kier alpha value is -1.74. The number of thiophene rings is 1. The van der Waals surface area contributed by atoms with Crippen LogP contribution in [0, 0.1) is 0 Å². The second kappa shape index (κ2) is 9.17. The van der Waals surface area contributed by atoms with Crippen LogP contribution in [-0.2, 0) is 23.0 Å². The zero-order valence-corrected chi connectivity index (χ0v) is 18.0. The van der Waals surface area contributed by atoms with E-state index in [1.807, 2.05) is 11.3 Å². The van der Waals surface area contributed by atoms with Crippen LogP contribution in [0.25, 0.3) is 0 Å². The van der Waals surface area contributed by atoms with Gasteiger partial charge in [-0.05, 0) is 41.6 Å². The molecule has 0 bridgehead atoms. The molecule has 0 unspecified atom stereocenters. The van der Waals surface area contributed by atoms with E-state index >= 15 is 0 Å². The van der Waals surface area contributed by atoms with Gasteiger partial charge in [-0.15, -0.1) is 11.3 Å². The van der Waals surface area contributed by atoms with Gasteiger partial charge in [0.2, 0.25) is 10.0 Å². The summed E-state index contributed by atoms with van der Waals surface area (Å²) in [6, 6.07) is 8.44. The molecule has 0 radical (unpaired) electrons. The fraction of sp³-hybridized carbons (Fsp3) is 0.450. The molecule has 0 atom stereocenters. The maximum atomic E-state index is 12.7. The lowest BCUT2D eigenvalue weighted by atomic mass is 10.1. The monoisotopic (exact) mass is 421 g/mol. The first-order valence-corrected chi connectivity index (χ1v) is 11.9. The summed E-state index contributed by atoms with van der Waals surface area (Å²) in [5.74, 6) is -0.246. The van der Waals surface area contributed by atoms with Crippen molar-refractivity contribution in [2.24, 2.45) is 0 Å². The first-order valence-electron chi connectivity index (χ1n) is 9.61. The summed E-state index contributed by atoms with van der Waals surface area (Å²) in [4.78, 5) is 16.4. The number of carbonyl (C=O) groups is 1. The van der Waals surface area contributed by atoms with E-state index in [-0.39, 0.29) is 10.8 Å². The molecule has 152 valence electrons. The van der Waals surface area contributed by atoms with Gasteiger partial charge in [-0.25, -0.2) is 8.42 Å². The number of amides is 1. The number of benzene rings is 1. The maximum Gasteiger partial charge on any atom is 0.251 e. The van der Waals surface area contributed by atoms with E-state index in [2.05, 4.69) is 21.7 Å². The average Bonchev–Trinajstić information content (AvgIpc) is 3.16. The van der Waals surface area contributed by atoms with E-state index in [0.717, 1.165) is 26.1 Å². The fourth-order valence-electron chi connectivity index (χ4n) is 3.44. The predicted octanol–water partition coefficient (Wildman–Crippen LogP) is 2.57. The predicted molar refractivity (Wildman–Crippen MR) is 112 cm³/mol. The van der Waals surface area contributed by atoms with Crippen LogP contribution in [0.15, 0.2) is 40.6 Å². The molecule has 1 N–H and O–H groups in total. The Morgan fingerprint density at radius 3 is 2.79 bits per heavy atom. The van der Waals surface area contributed by atoms with Crippen LogP contribution < -0.4 is 5.32 Å². The minimum absolute atomic E-state index is 0.157. The highest BCUT2D eigenvalue weighted by atomic mass is 32.2.